The van der Waals surface area contributed by atoms with Crippen molar-refractivity contribution in [2.75, 3.05) is 19.9 Å². The Morgan fingerprint density at radius 2 is 1.75 bits per heavy atom. The highest BCUT2D eigenvalue weighted by Crippen LogP contribution is 2.32. The zero-order chi connectivity index (χ0) is 22.9. The molecule has 1 aliphatic heterocycles. The molecule has 0 fully saturated rings. The minimum Gasteiger partial charge on any atom is -0.454 e. The number of amides is 2. The molecule has 0 aliphatic carbocycles. The molecular weight excluding hydrogens is 404 g/mol. The van der Waals surface area contributed by atoms with Crippen LogP contribution in [-0.2, 0) is 22.4 Å². The minimum absolute atomic E-state index is 0.00913. The van der Waals surface area contributed by atoms with Crippen molar-refractivity contribution in [1.82, 2.24) is 10.2 Å². The van der Waals surface area contributed by atoms with Crippen LogP contribution in [-0.4, -0.2) is 42.6 Å². The Balaban J connectivity index is 1.69. The molecule has 2 amide bonds. The standard InChI is InChI=1S/C26H34N2O4/c1-4-22(26(30)27-17-19(2)3)28(15-14-20-8-6-5-7-9-20)25(29)13-11-21-10-12-23-24(16-21)32-18-31-23/h5-10,12,16,19,22H,4,11,13-15,17-18H2,1-3H3,(H,27,30)/t22-/m1/s1. The summed E-state index contributed by atoms with van der Waals surface area (Å²) < 4.78 is 10.8. The van der Waals surface area contributed by atoms with Crippen LogP contribution in [0.15, 0.2) is 48.5 Å². The fraction of sp³-hybridized carbons (Fsp3) is 0.462. The van der Waals surface area contributed by atoms with Crippen LogP contribution in [0, 0.1) is 5.92 Å². The van der Waals surface area contributed by atoms with Crippen LogP contribution in [0.5, 0.6) is 11.5 Å². The number of hydrogen-bond acceptors (Lipinski definition) is 4. The Labute approximate surface area is 190 Å². The molecule has 172 valence electrons. The number of rotatable bonds is 11. The molecule has 32 heavy (non-hydrogen) atoms. The largest absolute Gasteiger partial charge is 0.454 e. The average molecular weight is 439 g/mol. The van der Waals surface area contributed by atoms with Crippen LogP contribution in [0.1, 0.15) is 44.7 Å². The predicted molar refractivity (Wildman–Crippen MR) is 125 cm³/mol. The van der Waals surface area contributed by atoms with Crippen LogP contribution >= 0.6 is 0 Å². The van der Waals surface area contributed by atoms with Gasteiger partial charge in [0.05, 0.1) is 0 Å². The number of nitrogens with zero attached hydrogens (tertiary/aromatic N) is 1. The minimum atomic E-state index is -0.471. The fourth-order valence-corrected chi connectivity index (χ4v) is 3.81. The molecule has 0 unspecified atom stereocenters. The first-order valence-electron chi connectivity index (χ1n) is 11.5. The summed E-state index contributed by atoms with van der Waals surface area (Å²) in [5.41, 5.74) is 2.17. The highest BCUT2D eigenvalue weighted by molar-refractivity contribution is 5.87. The highest BCUT2D eigenvalue weighted by Gasteiger charge is 2.28. The van der Waals surface area contributed by atoms with Gasteiger partial charge in [-0.1, -0.05) is 57.2 Å². The summed E-state index contributed by atoms with van der Waals surface area (Å²) in [6, 6.07) is 15.4. The number of benzene rings is 2. The normalized spacial score (nSPS) is 13.1. The van der Waals surface area contributed by atoms with Crippen molar-refractivity contribution in [3.8, 4) is 11.5 Å². The molecule has 3 rings (SSSR count). The molecule has 0 saturated carbocycles. The third-order valence-electron chi connectivity index (χ3n) is 5.62. The molecular formula is C26H34N2O4. The van der Waals surface area contributed by atoms with E-state index in [-0.39, 0.29) is 18.6 Å². The van der Waals surface area contributed by atoms with E-state index in [2.05, 4.69) is 31.3 Å². The molecule has 2 aromatic rings. The molecule has 2 aromatic carbocycles. The zero-order valence-corrected chi connectivity index (χ0v) is 19.3. The molecule has 0 radical (unpaired) electrons. The Hall–Kier alpha value is -3.02. The molecule has 0 aromatic heterocycles. The van der Waals surface area contributed by atoms with Crippen LogP contribution in [0.2, 0.25) is 0 Å². The Morgan fingerprint density at radius 1 is 1.00 bits per heavy atom. The van der Waals surface area contributed by atoms with Crippen LogP contribution in [0.25, 0.3) is 0 Å². The topological polar surface area (TPSA) is 67.9 Å². The third kappa shape index (κ3) is 6.49. The maximum Gasteiger partial charge on any atom is 0.242 e. The SMILES string of the molecule is CC[C@H](C(=O)NCC(C)C)N(CCc1ccccc1)C(=O)CCc1ccc2c(c1)OCO2. The van der Waals surface area contributed by atoms with E-state index in [0.29, 0.717) is 44.7 Å². The van der Waals surface area contributed by atoms with Crippen molar-refractivity contribution in [2.24, 2.45) is 5.92 Å². The average Bonchev–Trinajstić information content (AvgIpc) is 3.27. The fourth-order valence-electron chi connectivity index (χ4n) is 3.81. The number of carbonyl (C=O) groups excluding carboxylic acids is 2. The Kier molecular flexibility index (Phi) is 8.54. The van der Waals surface area contributed by atoms with E-state index in [9.17, 15) is 9.59 Å². The second-order valence-corrected chi connectivity index (χ2v) is 8.57. The van der Waals surface area contributed by atoms with Crippen molar-refractivity contribution < 1.29 is 19.1 Å². The second-order valence-electron chi connectivity index (χ2n) is 8.57. The molecule has 1 heterocycles. The van der Waals surface area contributed by atoms with Crippen LogP contribution in [0.4, 0.5) is 0 Å². The molecule has 6 heteroatoms. The number of carbonyl (C=O) groups is 2. The second kappa shape index (κ2) is 11.6. The van der Waals surface area contributed by atoms with E-state index in [1.54, 1.807) is 4.90 Å². The number of nitrogens with one attached hydrogen (secondary N) is 1. The first-order valence-corrected chi connectivity index (χ1v) is 11.5. The van der Waals surface area contributed by atoms with Gasteiger partial charge in [0.1, 0.15) is 6.04 Å². The van der Waals surface area contributed by atoms with Crippen molar-refractivity contribution in [3.63, 3.8) is 0 Å². The van der Waals surface area contributed by atoms with Gasteiger partial charge in [-0.3, -0.25) is 9.59 Å². The summed E-state index contributed by atoms with van der Waals surface area (Å²) in [7, 11) is 0. The Bertz CT molecular complexity index is 898. The molecule has 1 N–H and O–H groups in total. The van der Waals surface area contributed by atoms with Gasteiger partial charge in [-0.15, -0.1) is 0 Å². The van der Waals surface area contributed by atoms with Gasteiger partial charge in [0.15, 0.2) is 11.5 Å². The zero-order valence-electron chi connectivity index (χ0n) is 19.3. The van der Waals surface area contributed by atoms with Gasteiger partial charge in [-0.05, 0) is 48.4 Å². The van der Waals surface area contributed by atoms with E-state index >= 15 is 0 Å². The summed E-state index contributed by atoms with van der Waals surface area (Å²) >= 11 is 0. The van der Waals surface area contributed by atoms with Crippen molar-refractivity contribution in [2.45, 2.75) is 52.5 Å². The lowest BCUT2D eigenvalue weighted by Crippen LogP contribution is -2.50. The van der Waals surface area contributed by atoms with E-state index in [1.807, 2.05) is 43.3 Å². The molecule has 1 aliphatic rings. The van der Waals surface area contributed by atoms with Gasteiger partial charge in [-0.2, -0.15) is 0 Å². The van der Waals surface area contributed by atoms with Crippen LogP contribution < -0.4 is 14.8 Å². The number of fused-ring (bicyclic) bond motifs is 1. The smallest absolute Gasteiger partial charge is 0.242 e. The summed E-state index contributed by atoms with van der Waals surface area (Å²) in [5, 5.41) is 3.01. The summed E-state index contributed by atoms with van der Waals surface area (Å²) in [5.74, 6) is 1.72. The lowest BCUT2D eigenvalue weighted by Gasteiger charge is -2.31. The van der Waals surface area contributed by atoms with Gasteiger partial charge in [0.25, 0.3) is 0 Å². The van der Waals surface area contributed by atoms with Crippen molar-refractivity contribution in [1.29, 1.82) is 0 Å². The number of hydrogen-bond donors (Lipinski definition) is 1. The van der Waals surface area contributed by atoms with E-state index in [0.717, 1.165) is 22.6 Å². The van der Waals surface area contributed by atoms with Gasteiger partial charge in [-0.25, -0.2) is 0 Å². The lowest BCUT2D eigenvalue weighted by atomic mass is 10.1. The molecule has 0 saturated heterocycles. The highest BCUT2D eigenvalue weighted by atomic mass is 16.7. The van der Waals surface area contributed by atoms with E-state index in [4.69, 9.17) is 9.47 Å². The van der Waals surface area contributed by atoms with Gasteiger partial charge < -0.3 is 19.7 Å². The Morgan fingerprint density at radius 3 is 2.47 bits per heavy atom. The number of ether oxygens (including phenoxy) is 2. The summed E-state index contributed by atoms with van der Waals surface area (Å²) in [6.45, 7) is 7.43. The maximum absolute atomic E-state index is 13.3. The van der Waals surface area contributed by atoms with Gasteiger partial charge in [0, 0.05) is 19.5 Å². The van der Waals surface area contributed by atoms with Crippen molar-refractivity contribution in [3.05, 3.63) is 59.7 Å². The predicted octanol–water partition coefficient (Wildman–Crippen LogP) is 3.97. The lowest BCUT2D eigenvalue weighted by molar-refractivity contribution is -0.140. The van der Waals surface area contributed by atoms with Crippen molar-refractivity contribution >= 4 is 11.8 Å². The first kappa shape index (κ1) is 23.6. The molecule has 0 spiro atoms. The monoisotopic (exact) mass is 438 g/mol. The van der Waals surface area contributed by atoms with Gasteiger partial charge >= 0.3 is 0 Å². The quantitative estimate of drug-likeness (QED) is 0.576. The maximum atomic E-state index is 13.3. The number of aryl methyl sites for hydroxylation is 1. The van der Waals surface area contributed by atoms with E-state index in [1.165, 1.54) is 0 Å². The molecule has 0 bridgehead atoms. The first-order chi connectivity index (χ1) is 15.5. The molecule has 1 atom stereocenters. The third-order valence-corrected chi connectivity index (χ3v) is 5.62. The summed E-state index contributed by atoms with van der Waals surface area (Å²) in [6.07, 6.45) is 2.21. The van der Waals surface area contributed by atoms with Crippen LogP contribution in [0.3, 0.4) is 0 Å². The van der Waals surface area contributed by atoms with Gasteiger partial charge in [0.2, 0.25) is 18.6 Å². The van der Waals surface area contributed by atoms with E-state index < -0.39 is 6.04 Å². The summed E-state index contributed by atoms with van der Waals surface area (Å²) in [4.78, 5) is 28.0. The molecule has 6 nitrogen and oxygen atoms in total.